The number of nitrogens with zero attached hydrogens (tertiary/aromatic N) is 1. The van der Waals surface area contributed by atoms with Gasteiger partial charge >= 0.3 is 0 Å². The summed E-state index contributed by atoms with van der Waals surface area (Å²) in [5.74, 6) is 0.945. The molecule has 0 bridgehead atoms. The Morgan fingerprint density at radius 1 is 1.16 bits per heavy atom. The number of nitrogens with one attached hydrogen (secondary N) is 1. The number of hydrogen-bond donors (Lipinski definition) is 1. The maximum atomic E-state index is 13.1. The van der Waals surface area contributed by atoms with Gasteiger partial charge in [0.2, 0.25) is 11.8 Å². The monoisotopic (exact) mass is 448 g/mol. The number of hydrogen-bond acceptors (Lipinski definition) is 6. The van der Waals surface area contributed by atoms with Crippen molar-refractivity contribution in [2.45, 2.75) is 19.5 Å². The van der Waals surface area contributed by atoms with E-state index in [1.807, 2.05) is 6.92 Å². The van der Waals surface area contributed by atoms with Gasteiger partial charge in [0.15, 0.2) is 0 Å². The zero-order chi connectivity index (χ0) is 22.5. The van der Waals surface area contributed by atoms with E-state index in [-0.39, 0.29) is 31.6 Å². The molecule has 0 unspecified atom stereocenters. The van der Waals surface area contributed by atoms with E-state index in [9.17, 15) is 9.59 Å². The molecule has 1 aliphatic rings. The van der Waals surface area contributed by atoms with Crippen molar-refractivity contribution in [1.82, 2.24) is 4.90 Å². The molecule has 1 heterocycles. The van der Waals surface area contributed by atoms with Gasteiger partial charge < -0.3 is 29.2 Å². The van der Waals surface area contributed by atoms with Crippen LogP contribution >= 0.6 is 11.6 Å². The summed E-state index contributed by atoms with van der Waals surface area (Å²) in [6.45, 7) is 1.99. The lowest BCUT2D eigenvalue weighted by molar-refractivity contribution is -0.154. The number of rotatable bonds is 7. The van der Waals surface area contributed by atoms with Crippen LogP contribution in [0.2, 0.25) is 5.02 Å². The average molecular weight is 449 g/mol. The van der Waals surface area contributed by atoms with Gasteiger partial charge in [-0.15, -0.1) is 0 Å². The Kier molecular flexibility index (Phi) is 7.25. The minimum absolute atomic E-state index is 0.0743. The molecule has 31 heavy (non-hydrogen) atoms. The number of amides is 2. The fourth-order valence-electron chi connectivity index (χ4n) is 3.33. The van der Waals surface area contributed by atoms with E-state index in [2.05, 4.69) is 5.32 Å². The second-order valence-electron chi connectivity index (χ2n) is 7.02. The standard InChI is InChI=1S/C22H25ClN2O6/c1-13-7-17(20(30-4)9-16(13)23)24-22(27)18-11-31-12-21(26)25(18)10-14-5-6-15(28-2)8-19(14)29-3/h5-9,18H,10-12H2,1-4H3,(H,24,27)/t18-/m0/s1. The normalized spacial score (nSPS) is 16.1. The summed E-state index contributed by atoms with van der Waals surface area (Å²) >= 11 is 6.15. The van der Waals surface area contributed by atoms with Crippen LogP contribution in [0.5, 0.6) is 17.2 Å². The van der Waals surface area contributed by atoms with Crippen molar-refractivity contribution in [3.05, 3.63) is 46.5 Å². The molecule has 1 atom stereocenters. The lowest BCUT2D eigenvalue weighted by Crippen LogP contribution is -2.54. The zero-order valence-electron chi connectivity index (χ0n) is 17.9. The van der Waals surface area contributed by atoms with Crippen LogP contribution in [0.3, 0.4) is 0 Å². The highest BCUT2D eigenvalue weighted by atomic mass is 35.5. The van der Waals surface area contributed by atoms with Crippen LogP contribution in [-0.4, -0.2) is 57.3 Å². The van der Waals surface area contributed by atoms with Crippen LogP contribution in [0.15, 0.2) is 30.3 Å². The van der Waals surface area contributed by atoms with Crippen LogP contribution in [-0.2, 0) is 20.9 Å². The van der Waals surface area contributed by atoms with E-state index in [4.69, 9.17) is 30.5 Å². The van der Waals surface area contributed by atoms with Crippen LogP contribution in [0.25, 0.3) is 0 Å². The molecule has 1 fully saturated rings. The van der Waals surface area contributed by atoms with Crippen molar-refractivity contribution in [2.24, 2.45) is 0 Å². The van der Waals surface area contributed by atoms with Gasteiger partial charge in [-0.25, -0.2) is 0 Å². The first kappa shape index (κ1) is 22.7. The first-order valence-electron chi connectivity index (χ1n) is 9.61. The molecular weight excluding hydrogens is 424 g/mol. The number of ether oxygens (including phenoxy) is 4. The van der Waals surface area contributed by atoms with Crippen molar-refractivity contribution in [3.63, 3.8) is 0 Å². The fraction of sp³-hybridized carbons (Fsp3) is 0.364. The van der Waals surface area contributed by atoms with E-state index in [0.717, 1.165) is 11.1 Å². The van der Waals surface area contributed by atoms with Gasteiger partial charge in [-0.3, -0.25) is 9.59 Å². The molecule has 0 radical (unpaired) electrons. The number of carbonyl (C=O) groups excluding carboxylic acids is 2. The average Bonchev–Trinajstić information content (AvgIpc) is 2.77. The lowest BCUT2D eigenvalue weighted by atomic mass is 10.1. The van der Waals surface area contributed by atoms with E-state index in [1.54, 1.807) is 44.6 Å². The van der Waals surface area contributed by atoms with Crippen LogP contribution in [0.1, 0.15) is 11.1 Å². The second kappa shape index (κ2) is 9.89. The molecule has 1 saturated heterocycles. The molecule has 3 rings (SSSR count). The molecule has 2 amide bonds. The molecule has 8 nitrogen and oxygen atoms in total. The second-order valence-corrected chi connectivity index (χ2v) is 7.43. The molecule has 0 saturated carbocycles. The number of morpholine rings is 1. The maximum Gasteiger partial charge on any atom is 0.249 e. The molecule has 166 valence electrons. The minimum Gasteiger partial charge on any atom is -0.497 e. The van der Waals surface area contributed by atoms with Crippen molar-refractivity contribution in [1.29, 1.82) is 0 Å². The van der Waals surface area contributed by atoms with Crippen molar-refractivity contribution >= 4 is 29.1 Å². The Morgan fingerprint density at radius 3 is 2.58 bits per heavy atom. The largest absolute Gasteiger partial charge is 0.497 e. The highest BCUT2D eigenvalue weighted by Crippen LogP contribution is 2.32. The number of halogens is 1. The summed E-state index contributed by atoms with van der Waals surface area (Å²) in [7, 11) is 4.60. The number of aryl methyl sites for hydroxylation is 1. The quantitative estimate of drug-likeness (QED) is 0.700. The number of carbonyl (C=O) groups is 2. The summed E-state index contributed by atoms with van der Waals surface area (Å²) in [5, 5.41) is 3.36. The Bertz CT molecular complexity index is 981. The minimum atomic E-state index is -0.825. The van der Waals surface area contributed by atoms with E-state index in [0.29, 0.717) is 28.0 Å². The predicted octanol–water partition coefficient (Wildman–Crippen LogP) is 3.04. The third-order valence-corrected chi connectivity index (χ3v) is 5.48. The molecule has 9 heteroatoms. The van der Waals surface area contributed by atoms with Crippen LogP contribution in [0, 0.1) is 6.92 Å². The SMILES string of the molecule is COc1ccc(CN2C(=O)COC[C@H]2C(=O)Nc2cc(C)c(Cl)cc2OC)c(OC)c1. The van der Waals surface area contributed by atoms with Gasteiger partial charge in [0.05, 0.1) is 40.2 Å². The topological polar surface area (TPSA) is 86.3 Å². The van der Waals surface area contributed by atoms with Crippen molar-refractivity contribution < 1.29 is 28.5 Å². The predicted molar refractivity (Wildman–Crippen MR) is 116 cm³/mol. The summed E-state index contributed by atoms with van der Waals surface area (Å²) in [5.41, 5.74) is 2.00. The van der Waals surface area contributed by atoms with Gasteiger partial charge in [-0.1, -0.05) is 11.6 Å². The number of benzene rings is 2. The Balaban J connectivity index is 1.85. The highest BCUT2D eigenvalue weighted by molar-refractivity contribution is 6.31. The van der Waals surface area contributed by atoms with E-state index >= 15 is 0 Å². The number of methoxy groups -OCH3 is 3. The highest BCUT2D eigenvalue weighted by Gasteiger charge is 2.35. The number of anilines is 1. The molecule has 0 spiro atoms. The van der Waals surface area contributed by atoms with Crippen LogP contribution in [0.4, 0.5) is 5.69 Å². The first-order chi connectivity index (χ1) is 14.9. The molecule has 2 aromatic rings. The smallest absolute Gasteiger partial charge is 0.249 e. The van der Waals surface area contributed by atoms with Gasteiger partial charge in [-0.2, -0.15) is 0 Å². The van der Waals surface area contributed by atoms with Gasteiger partial charge in [0.25, 0.3) is 0 Å². The molecule has 0 aromatic heterocycles. The molecular formula is C22H25ClN2O6. The maximum absolute atomic E-state index is 13.1. The Labute approximate surface area is 186 Å². The zero-order valence-corrected chi connectivity index (χ0v) is 18.6. The summed E-state index contributed by atoms with van der Waals surface area (Å²) in [6, 6.07) is 7.85. The molecule has 0 aliphatic carbocycles. The summed E-state index contributed by atoms with van der Waals surface area (Å²) in [6.07, 6.45) is 0. The third kappa shape index (κ3) is 5.03. The lowest BCUT2D eigenvalue weighted by Gasteiger charge is -2.35. The molecule has 1 aliphatic heterocycles. The van der Waals surface area contributed by atoms with Crippen molar-refractivity contribution in [2.75, 3.05) is 39.9 Å². The van der Waals surface area contributed by atoms with Crippen LogP contribution < -0.4 is 19.5 Å². The van der Waals surface area contributed by atoms with Gasteiger partial charge in [-0.05, 0) is 30.7 Å². The first-order valence-corrected chi connectivity index (χ1v) is 9.98. The summed E-state index contributed by atoms with van der Waals surface area (Å²) < 4.78 is 21.3. The Morgan fingerprint density at radius 2 is 1.90 bits per heavy atom. The van der Waals surface area contributed by atoms with Gasteiger partial charge in [0, 0.05) is 22.7 Å². The van der Waals surface area contributed by atoms with Gasteiger partial charge in [0.1, 0.15) is 29.9 Å². The molecule has 1 N–H and O–H groups in total. The summed E-state index contributed by atoms with van der Waals surface area (Å²) in [4.78, 5) is 27.2. The van der Waals surface area contributed by atoms with E-state index < -0.39 is 6.04 Å². The van der Waals surface area contributed by atoms with Crippen molar-refractivity contribution in [3.8, 4) is 17.2 Å². The Hall–Kier alpha value is -2.97. The van der Waals surface area contributed by atoms with E-state index in [1.165, 1.54) is 12.0 Å². The fourth-order valence-corrected chi connectivity index (χ4v) is 3.49. The molecule has 2 aromatic carbocycles. The third-order valence-electron chi connectivity index (χ3n) is 5.07.